The van der Waals surface area contributed by atoms with Crippen molar-refractivity contribution in [3.8, 4) is 0 Å². The van der Waals surface area contributed by atoms with Gasteiger partial charge in [-0.15, -0.1) is 0 Å². The summed E-state index contributed by atoms with van der Waals surface area (Å²) in [7, 11) is -0.546. The van der Waals surface area contributed by atoms with Gasteiger partial charge in [-0.1, -0.05) is 6.92 Å². The summed E-state index contributed by atoms with van der Waals surface area (Å²) < 4.78 is 51.0. The molecule has 0 aliphatic rings. The molecule has 0 fully saturated rings. The molecule has 0 aliphatic carbocycles. The molecule has 0 aromatic rings. The highest BCUT2D eigenvalue weighted by molar-refractivity contribution is 7.85. The standard InChI is InChI=1S/C9H14F3NO4S/c1-6(8(15)17-2)3-18(16)4-7(14)13-5-9(10,11)12/h6H,3-5H2,1-2H3,(H,13,14). The molecule has 0 saturated carbocycles. The van der Waals surface area contributed by atoms with Crippen LogP contribution in [0.2, 0.25) is 0 Å². The van der Waals surface area contributed by atoms with Gasteiger partial charge in [-0.25, -0.2) is 0 Å². The molecule has 0 radical (unpaired) electrons. The first kappa shape index (κ1) is 16.9. The van der Waals surface area contributed by atoms with Gasteiger partial charge in [0.15, 0.2) is 0 Å². The van der Waals surface area contributed by atoms with Gasteiger partial charge in [-0.05, 0) is 0 Å². The Bertz CT molecular complexity index is 332. The molecule has 2 atom stereocenters. The fourth-order valence-corrected chi connectivity index (χ4v) is 2.21. The topological polar surface area (TPSA) is 72.5 Å². The Hall–Kier alpha value is -1.12. The number of alkyl halides is 3. The third-order valence-corrected chi connectivity index (χ3v) is 3.27. The average molecular weight is 289 g/mol. The van der Waals surface area contributed by atoms with Crippen LogP contribution in [0, 0.1) is 5.92 Å². The molecule has 1 N–H and O–H groups in total. The largest absolute Gasteiger partial charge is 0.469 e. The summed E-state index contributed by atoms with van der Waals surface area (Å²) in [6, 6.07) is 0. The fourth-order valence-electron chi connectivity index (χ4n) is 1.00. The Morgan fingerprint density at radius 2 is 1.94 bits per heavy atom. The summed E-state index contributed by atoms with van der Waals surface area (Å²) in [5, 5.41) is 1.60. The number of nitrogens with one attached hydrogen (secondary N) is 1. The number of carbonyl (C=O) groups excluding carboxylic acids is 2. The van der Waals surface area contributed by atoms with Crippen LogP contribution in [0.3, 0.4) is 0 Å². The summed E-state index contributed by atoms with van der Waals surface area (Å²) in [5.41, 5.74) is 0. The molecule has 18 heavy (non-hydrogen) atoms. The molecule has 0 bridgehead atoms. The molecule has 0 aromatic carbocycles. The van der Waals surface area contributed by atoms with E-state index in [9.17, 15) is 27.0 Å². The summed E-state index contributed by atoms with van der Waals surface area (Å²) in [4.78, 5) is 22.0. The monoisotopic (exact) mass is 289 g/mol. The molecule has 0 aliphatic heterocycles. The van der Waals surface area contributed by atoms with Crippen molar-refractivity contribution in [3.63, 3.8) is 0 Å². The maximum atomic E-state index is 11.8. The number of methoxy groups -OCH3 is 1. The molecule has 5 nitrogen and oxygen atoms in total. The highest BCUT2D eigenvalue weighted by atomic mass is 32.2. The van der Waals surface area contributed by atoms with Crippen molar-refractivity contribution in [1.82, 2.24) is 5.32 Å². The van der Waals surface area contributed by atoms with E-state index in [4.69, 9.17) is 0 Å². The van der Waals surface area contributed by atoms with E-state index < -0.39 is 47.1 Å². The van der Waals surface area contributed by atoms with Crippen molar-refractivity contribution >= 4 is 22.7 Å². The second-order valence-electron chi connectivity index (χ2n) is 3.57. The molecule has 0 saturated heterocycles. The zero-order valence-corrected chi connectivity index (χ0v) is 10.7. The molecule has 0 aromatic heterocycles. The molecule has 0 spiro atoms. The average Bonchev–Trinajstić information content (AvgIpc) is 2.24. The van der Waals surface area contributed by atoms with Gasteiger partial charge in [-0.2, -0.15) is 13.2 Å². The van der Waals surface area contributed by atoms with Crippen LogP contribution in [-0.4, -0.2) is 47.4 Å². The Morgan fingerprint density at radius 3 is 2.39 bits per heavy atom. The SMILES string of the molecule is COC(=O)C(C)CS(=O)CC(=O)NCC(F)(F)F. The van der Waals surface area contributed by atoms with Gasteiger partial charge in [0.05, 0.1) is 13.0 Å². The predicted molar refractivity (Wildman–Crippen MR) is 58.1 cm³/mol. The Labute approximate surface area is 105 Å². The molecular formula is C9H14F3NO4S. The lowest BCUT2D eigenvalue weighted by molar-refractivity contribution is -0.144. The molecule has 2 unspecified atom stereocenters. The maximum Gasteiger partial charge on any atom is 0.405 e. The Morgan fingerprint density at radius 1 is 1.39 bits per heavy atom. The smallest absolute Gasteiger partial charge is 0.405 e. The van der Waals surface area contributed by atoms with Crippen LogP contribution in [0.15, 0.2) is 0 Å². The van der Waals surface area contributed by atoms with Crippen LogP contribution in [0.5, 0.6) is 0 Å². The normalized spacial score (nSPS) is 14.7. The highest BCUT2D eigenvalue weighted by Crippen LogP contribution is 2.12. The zero-order valence-electron chi connectivity index (χ0n) is 9.87. The third kappa shape index (κ3) is 8.04. The minimum Gasteiger partial charge on any atom is -0.469 e. The van der Waals surface area contributed by atoms with Crippen LogP contribution in [-0.2, 0) is 25.1 Å². The molecule has 1 amide bonds. The molecule has 9 heteroatoms. The van der Waals surface area contributed by atoms with Crippen LogP contribution >= 0.6 is 0 Å². The minimum atomic E-state index is -4.50. The van der Waals surface area contributed by atoms with Crippen molar-refractivity contribution in [2.75, 3.05) is 25.2 Å². The van der Waals surface area contributed by atoms with Crippen molar-refractivity contribution in [2.45, 2.75) is 13.1 Å². The molecule has 0 rings (SSSR count). The number of carbonyl (C=O) groups is 2. The number of hydrogen-bond acceptors (Lipinski definition) is 4. The summed E-state index contributed by atoms with van der Waals surface area (Å²) in [5.74, 6) is -2.93. The first-order valence-electron chi connectivity index (χ1n) is 4.92. The second-order valence-corrected chi connectivity index (χ2v) is 5.07. The van der Waals surface area contributed by atoms with E-state index in [1.807, 2.05) is 0 Å². The lowest BCUT2D eigenvalue weighted by atomic mass is 10.2. The summed E-state index contributed by atoms with van der Waals surface area (Å²) >= 11 is 0. The van der Waals surface area contributed by atoms with E-state index in [1.165, 1.54) is 6.92 Å². The van der Waals surface area contributed by atoms with Gasteiger partial charge in [0.1, 0.15) is 12.3 Å². The number of ether oxygens (including phenoxy) is 1. The Balaban J connectivity index is 4.02. The van der Waals surface area contributed by atoms with E-state index in [-0.39, 0.29) is 5.75 Å². The van der Waals surface area contributed by atoms with Gasteiger partial charge >= 0.3 is 12.1 Å². The molecular weight excluding hydrogens is 275 g/mol. The minimum absolute atomic E-state index is 0.133. The predicted octanol–water partition coefficient (Wildman–Crippen LogP) is 0.223. The van der Waals surface area contributed by atoms with Crippen molar-refractivity contribution in [3.05, 3.63) is 0 Å². The van der Waals surface area contributed by atoms with Gasteiger partial charge < -0.3 is 10.1 Å². The summed E-state index contributed by atoms with van der Waals surface area (Å²) in [6.07, 6.45) is -4.50. The highest BCUT2D eigenvalue weighted by Gasteiger charge is 2.28. The number of amides is 1. The van der Waals surface area contributed by atoms with Crippen molar-refractivity contribution in [1.29, 1.82) is 0 Å². The first-order valence-corrected chi connectivity index (χ1v) is 6.40. The van der Waals surface area contributed by atoms with Crippen LogP contribution in [0.25, 0.3) is 0 Å². The third-order valence-electron chi connectivity index (χ3n) is 1.82. The number of esters is 1. The van der Waals surface area contributed by atoms with E-state index >= 15 is 0 Å². The molecule has 0 heterocycles. The quantitative estimate of drug-likeness (QED) is 0.710. The number of hydrogen-bond donors (Lipinski definition) is 1. The lowest BCUT2D eigenvalue weighted by Crippen LogP contribution is -2.37. The number of rotatable bonds is 6. The fraction of sp³-hybridized carbons (Fsp3) is 0.778. The Kier molecular flexibility index (Phi) is 6.89. The van der Waals surface area contributed by atoms with Gasteiger partial charge in [0, 0.05) is 16.6 Å². The van der Waals surface area contributed by atoms with Crippen molar-refractivity contribution in [2.24, 2.45) is 5.92 Å². The zero-order chi connectivity index (χ0) is 14.3. The first-order chi connectivity index (χ1) is 8.15. The number of halogens is 3. The second kappa shape index (κ2) is 7.34. The summed E-state index contributed by atoms with van der Waals surface area (Å²) in [6.45, 7) is -0.00700. The van der Waals surface area contributed by atoms with Gasteiger partial charge in [0.2, 0.25) is 5.91 Å². The van der Waals surface area contributed by atoms with Gasteiger partial charge in [0.25, 0.3) is 0 Å². The van der Waals surface area contributed by atoms with Crippen molar-refractivity contribution < 1.29 is 31.7 Å². The van der Waals surface area contributed by atoms with E-state index in [2.05, 4.69) is 4.74 Å². The molecule has 106 valence electrons. The van der Waals surface area contributed by atoms with Crippen LogP contribution in [0.1, 0.15) is 6.92 Å². The van der Waals surface area contributed by atoms with Gasteiger partial charge in [-0.3, -0.25) is 13.8 Å². The van der Waals surface area contributed by atoms with E-state index in [0.29, 0.717) is 0 Å². The maximum absolute atomic E-state index is 11.8. The van der Waals surface area contributed by atoms with E-state index in [0.717, 1.165) is 7.11 Å². The van der Waals surface area contributed by atoms with Crippen LogP contribution < -0.4 is 5.32 Å². The lowest BCUT2D eigenvalue weighted by Gasteiger charge is -2.10. The van der Waals surface area contributed by atoms with E-state index in [1.54, 1.807) is 5.32 Å². The van der Waals surface area contributed by atoms with Crippen LogP contribution in [0.4, 0.5) is 13.2 Å².